The highest BCUT2D eigenvalue weighted by molar-refractivity contribution is 5.76. The number of methoxy groups -OCH3 is 1. The van der Waals surface area contributed by atoms with Crippen molar-refractivity contribution in [2.75, 3.05) is 13.7 Å². The van der Waals surface area contributed by atoms with Crippen LogP contribution in [0.5, 0.6) is 0 Å². The quantitative estimate of drug-likeness (QED) is 0.682. The summed E-state index contributed by atoms with van der Waals surface area (Å²) < 4.78 is 4.86. The molecule has 0 aromatic heterocycles. The van der Waals surface area contributed by atoms with Gasteiger partial charge in [0.2, 0.25) is 5.91 Å². The summed E-state index contributed by atoms with van der Waals surface area (Å²) in [6.45, 7) is 0.516. The predicted molar refractivity (Wildman–Crippen MR) is 53.8 cm³/mol. The molecule has 0 aromatic carbocycles. The molecule has 14 heavy (non-hydrogen) atoms. The standard InChI is InChI=1S/C11H17NO2/c1-14-5-4-11(13)12-10-7-8-2-3-9(10)6-8/h2-3,8-10H,4-7H2,1H3,(H,12,13). The second-order valence-corrected chi connectivity index (χ2v) is 4.20. The second kappa shape index (κ2) is 4.13. The fraction of sp³-hybridized carbons (Fsp3) is 0.727. The van der Waals surface area contributed by atoms with E-state index in [2.05, 4.69) is 17.5 Å². The van der Waals surface area contributed by atoms with Gasteiger partial charge in [-0.25, -0.2) is 0 Å². The fourth-order valence-electron chi connectivity index (χ4n) is 2.42. The van der Waals surface area contributed by atoms with Crippen molar-refractivity contribution in [3.8, 4) is 0 Å². The van der Waals surface area contributed by atoms with Crippen molar-refractivity contribution in [3.63, 3.8) is 0 Å². The van der Waals surface area contributed by atoms with Gasteiger partial charge < -0.3 is 10.1 Å². The van der Waals surface area contributed by atoms with E-state index in [0.29, 0.717) is 30.9 Å². The fourth-order valence-corrected chi connectivity index (χ4v) is 2.42. The Kier molecular flexibility index (Phi) is 2.87. The van der Waals surface area contributed by atoms with Crippen molar-refractivity contribution in [2.45, 2.75) is 25.3 Å². The van der Waals surface area contributed by atoms with Crippen LogP contribution in [-0.2, 0) is 9.53 Å². The van der Waals surface area contributed by atoms with Crippen LogP contribution in [-0.4, -0.2) is 25.7 Å². The van der Waals surface area contributed by atoms with Crippen molar-refractivity contribution >= 4 is 5.91 Å². The summed E-state index contributed by atoms with van der Waals surface area (Å²) in [5.74, 6) is 1.43. The molecule has 0 aliphatic heterocycles. The van der Waals surface area contributed by atoms with Crippen molar-refractivity contribution in [2.24, 2.45) is 11.8 Å². The number of allylic oxidation sites excluding steroid dienone is 1. The van der Waals surface area contributed by atoms with Crippen molar-refractivity contribution in [1.29, 1.82) is 0 Å². The molecule has 1 fully saturated rings. The molecule has 3 heteroatoms. The van der Waals surface area contributed by atoms with Crippen LogP contribution in [0, 0.1) is 11.8 Å². The zero-order valence-electron chi connectivity index (χ0n) is 8.53. The monoisotopic (exact) mass is 195 g/mol. The molecule has 0 heterocycles. The van der Waals surface area contributed by atoms with Crippen molar-refractivity contribution in [3.05, 3.63) is 12.2 Å². The van der Waals surface area contributed by atoms with Gasteiger partial charge in [-0.15, -0.1) is 0 Å². The lowest BCUT2D eigenvalue weighted by Crippen LogP contribution is -2.37. The predicted octanol–water partition coefficient (Wildman–Crippen LogP) is 1.10. The van der Waals surface area contributed by atoms with Crippen LogP contribution in [0.25, 0.3) is 0 Å². The molecule has 1 N–H and O–H groups in total. The first-order chi connectivity index (χ1) is 6.79. The number of ether oxygens (including phenoxy) is 1. The first-order valence-electron chi connectivity index (χ1n) is 5.26. The average molecular weight is 195 g/mol. The van der Waals surface area contributed by atoms with Gasteiger partial charge in [0, 0.05) is 19.6 Å². The van der Waals surface area contributed by atoms with E-state index < -0.39 is 0 Å². The highest BCUT2D eigenvalue weighted by Crippen LogP contribution is 2.38. The Hall–Kier alpha value is -0.830. The van der Waals surface area contributed by atoms with Crippen LogP contribution >= 0.6 is 0 Å². The van der Waals surface area contributed by atoms with Gasteiger partial charge in [0.15, 0.2) is 0 Å². The molecular weight excluding hydrogens is 178 g/mol. The maximum atomic E-state index is 11.4. The minimum Gasteiger partial charge on any atom is -0.384 e. The number of nitrogens with one attached hydrogen (secondary N) is 1. The minimum atomic E-state index is 0.123. The summed E-state index contributed by atoms with van der Waals surface area (Å²) in [5.41, 5.74) is 0. The average Bonchev–Trinajstić information content (AvgIpc) is 2.76. The number of hydrogen-bond donors (Lipinski definition) is 1. The summed E-state index contributed by atoms with van der Waals surface area (Å²) in [6.07, 6.45) is 7.36. The molecule has 2 rings (SSSR count). The van der Waals surface area contributed by atoms with Crippen LogP contribution in [0.1, 0.15) is 19.3 Å². The van der Waals surface area contributed by atoms with E-state index in [4.69, 9.17) is 4.74 Å². The third-order valence-electron chi connectivity index (χ3n) is 3.16. The van der Waals surface area contributed by atoms with Crippen LogP contribution in [0.2, 0.25) is 0 Å². The highest BCUT2D eigenvalue weighted by Gasteiger charge is 2.36. The summed E-state index contributed by atoms with van der Waals surface area (Å²) in [5, 5.41) is 3.07. The van der Waals surface area contributed by atoms with Crippen LogP contribution in [0.15, 0.2) is 12.2 Å². The molecule has 1 amide bonds. The molecule has 3 nitrogen and oxygen atoms in total. The molecule has 3 atom stereocenters. The molecule has 2 aliphatic rings. The number of amides is 1. The Morgan fingerprint density at radius 3 is 2.93 bits per heavy atom. The van der Waals surface area contributed by atoms with Crippen LogP contribution < -0.4 is 5.32 Å². The van der Waals surface area contributed by atoms with Gasteiger partial charge >= 0.3 is 0 Å². The Labute approximate surface area is 84.5 Å². The maximum absolute atomic E-state index is 11.4. The third-order valence-corrected chi connectivity index (χ3v) is 3.16. The summed E-state index contributed by atoms with van der Waals surface area (Å²) >= 11 is 0. The number of rotatable bonds is 4. The van der Waals surface area contributed by atoms with Gasteiger partial charge in [-0.3, -0.25) is 4.79 Å². The molecule has 2 aliphatic carbocycles. The maximum Gasteiger partial charge on any atom is 0.222 e. The Bertz CT molecular complexity index is 250. The molecule has 78 valence electrons. The number of hydrogen-bond acceptors (Lipinski definition) is 2. The second-order valence-electron chi connectivity index (χ2n) is 4.20. The smallest absolute Gasteiger partial charge is 0.222 e. The Morgan fingerprint density at radius 1 is 1.50 bits per heavy atom. The largest absolute Gasteiger partial charge is 0.384 e. The normalized spacial score (nSPS) is 33.6. The lowest BCUT2D eigenvalue weighted by atomic mass is 10.0. The lowest BCUT2D eigenvalue weighted by Gasteiger charge is -2.19. The number of fused-ring (bicyclic) bond motifs is 2. The summed E-state index contributed by atoms with van der Waals surface area (Å²) in [4.78, 5) is 11.4. The van der Waals surface area contributed by atoms with E-state index in [1.807, 2.05) is 0 Å². The zero-order chi connectivity index (χ0) is 9.97. The van der Waals surface area contributed by atoms with Gasteiger partial charge in [-0.1, -0.05) is 12.2 Å². The first-order valence-corrected chi connectivity index (χ1v) is 5.26. The molecule has 2 bridgehead atoms. The molecule has 0 spiro atoms. The first kappa shape index (κ1) is 9.71. The van der Waals surface area contributed by atoms with E-state index in [-0.39, 0.29) is 5.91 Å². The van der Waals surface area contributed by atoms with Gasteiger partial charge in [0.1, 0.15) is 0 Å². The number of carbonyl (C=O) groups excluding carboxylic acids is 1. The van der Waals surface area contributed by atoms with Gasteiger partial charge in [-0.2, -0.15) is 0 Å². The van der Waals surface area contributed by atoms with E-state index >= 15 is 0 Å². The van der Waals surface area contributed by atoms with Crippen molar-refractivity contribution in [1.82, 2.24) is 5.32 Å². The van der Waals surface area contributed by atoms with Gasteiger partial charge in [0.05, 0.1) is 6.61 Å². The molecule has 0 aromatic rings. The SMILES string of the molecule is COCCC(=O)NC1CC2C=CC1C2. The third kappa shape index (κ3) is 1.98. The minimum absolute atomic E-state index is 0.123. The van der Waals surface area contributed by atoms with E-state index in [0.717, 1.165) is 6.42 Å². The number of carbonyl (C=O) groups is 1. The molecule has 1 saturated carbocycles. The Morgan fingerprint density at radius 2 is 2.36 bits per heavy atom. The molecule has 0 saturated heterocycles. The van der Waals surface area contributed by atoms with E-state index in [1.54, 1.807) is 7.11 Å². The van der Waals surface area contributed by atoms with Crippen LogP contribution in [0.3, 0.4) is 0 Å². The van der Waals surface area contributed by atoms with Gasteiger partial charge in [0.25, 0.3) is 0 Å². The van der Waals surface area contributed by atoms with E-state index in [1.165, 1.54) is 6.42 Å². The molecule has 0 radical (unpaired) electrons. The van der Waals surface area contributed by atoms with Crippen molar-refractivity contribution < 1.29 is 9.53 Å². The highest BCUT2D eigenvalue weighted by atomic mass is 16.5. The zero-order valence-corrected chi connectivity index (χ0v) is 8.53. The Balaban J connectivity index is 1.76. The van der Waals surface area contributed by atoms with E-state index in [9.17, 15) is 4.79 Å². The lowest BCUT2D eigenvalue weighted by molar-refractivity contribution is -0.122. The van der Waals surface area contributed by atoms with Gasteiger partial charge in [-0.05, 0) is 24.7 Å². The topological polar surface area (TPSA) is 38.3 Å². The summed E-state index contributed by atoms with van der Waals surface area (Å²) in [7, 11) is 1.62. The summed E-state index contributed by atoms with van der Waals surface area (Å²) in [6, 6.07) is 0.384. The molecule has 3 unspecified atom stereocenters. The molecular formula is C11H17NO2. The van der Waals surface area contributed by atoms with Crippen LogP contribution in [0.4, 0.5) is 0 Å².